The van der Waals surface area contributed by atoms with E-state index < -0.39 is 10.0 Å². The van der Waals surface area contributed by atoms with Gasteiger partial charge in [-0.2, -0.15) is 0 Å². The third-order valence-corrected chi connectivity index (χ3v) is 7.38. The smallest absolute Gasteiger partial charge is 0.264 e. The zero-order chi connectivity index (χ0) is 21.2. The van der Waals surface area contributed by atoms with Crippen LogP contribution in [0.2, 0.25) is 5.02 Å². The summed E-state index contributed by atoms with van der Waals surface area (Å²) in [5, 5.41) is 0.457. The van der Waals surface area contributed by atoms with E-state index in [0.29, 0.717) is 23.8 Å². The summed E-state index contributed by atoms with van der Waals surface area (Å²) in [6.07, 6.45) is 0. The summed E-state index contributed by atoms with van der Waals surface area (Å²) >= 11 is 6.25. The Morgan fingerprint density at radius 3 is 2.24 bits per heavy atom. The standard InChI is InChI=1S/C21H26ClN3O3S/c1-16-4-8-19(9-5-16)29(27,28)25(18-7-6-17(2)20(22)14-18)15-21(26)24-12-10-23(3)11-13-24/h4-9,14H,10-13,15H2,1-3H3. The molecule has 0 unspecified atom stereocenters. The van der Waals surface area contributed by atoms with Crippen molar-refractivity contribution >= 4 is 33.2 Å². The van der Waals surface area contributed by atoms with Crippen LogP contribution in [0.1, 0.15) is 11.1 Å². The van der Waals surface area contributed by atoms with E-state index in [1.807, 2.05) is 20.9 Å². The van der Waals surface area contributed by atoms with Crippen molar-refractivity contribution in [1.82, 2.24) is 9.80 Å². The van der Waals surface area contributed by atoms with Crippen LogP contribution in [0, 0.1) is 13.8 Å². The summed E-state index contributed by atoms with van der Waals surface area (Å²) in [5.74, 6) is -0.217. The second-order valence-electron chi connectivity index (χ2n) is 7.44. The fourth-order valence-electron chi connectivity index (χ4n) is 3.17. The summed E-state index contributed by atoms with van der Waals surface area (Å²) in [7, 11) is -1.92. The molecule has 3 rings (SSSR count). The molecule has 1 aliphatic rings. The Labute approximate surface area is 177 Å². The maximum absolute atomic E-state index is 13.4. The number of rotatable bonds is 5. The first-order chi connectivity index (χ1) is 13.7. The quantitative estimate of drug-likeness (QED) is 0.724. The molecule has 1 aliphatic heterocycles. The molecule has 8 heteroatoms. The first kappa shape index (κ1) is 21.6. The van der Waals surface area contributed by atoms with E-state index >= 15 is 0 Å². The van der Waals surface area contributed by atoms with Gasteiger partial charge in [0.25, 0.3) is 10.0 Å². The minimum atomic E-state index is -3.93. The van der Waals surface area contributed by atoms with Crippen LogP contribution >= 0.6 is 11.6 Å². The molecule has 0 saturated carbocycles. The SMILES string of the molecule is Cc1ccc(S(=O)(=O)N(CC(=O)N2CCN(C)CC2)c2ccc(C)c(Cl)c2)cc1. The fraction of sp³-hybridized carbons (Fsp3) is 0.381. The molecule has 1 heterocycles. The summed E-state index contributed by atoms with van der Waals surface area (Å²) in [6, 6.07) is 11.7. The fourth-order valence-corrected chi connectivity index (χ4v) is 4.75. The Bertz CT molecular complexity index is 985. The van der Waals surface area contributed by atoms with Crippen molar-refractivity contribution in [2.75, 3.05) is 44.1 Å². The first-order valence-corrected chi connectivity index (χ1v) is 11.3. The number of carbonyl (C=O) groups is 1. The van der Waals surface area contributed by atoms with Gasteiger partial charge in [-0.3, -0.25) is 9.10 Å². The average molecular weight is 436 g/mol. The van der Waals surface area contributed by atoms with Gasteiger partial charge in [0.1, 0.15) is 6.54 Å². The largest absolute Gasteiger partial charge is 0.339 e. The number of halogens is 1. The van der Waals surface area contributed by atoms with E-state index in [2.05, 4.69) is 4.90 Å². The van der Waals surface area contributed by atoms with Crippen molar-refractivity contribution in [2.45, 2.75) is 18.7 Å². The van der Waals surface area contributed by atoms with Gasteiger partial charge in [-0.15, -0.1) is 0 Å². The lowest BCUT2D eigenvalue weighted by atomic mass is 10.2. The van der Waals surface area contributed by atoms with Crippen LogP contribution in [-0.2, 0) is 14.8 Å². The first-order valence-electron chi connectivity index (χ1n) is 9.50. The molecule has 0 aromatic heterocycles. The normalized spacial score (nSPS) is 15.4. The van der Waals surface area contributed by atoms with Crippen LogP contribution in [0.5, 0.6) is 0 Å². The van der Waals surface area contributed by atoms with Crippen LogP contribution in [0.3, 0.4) is 0 Å². The molecule has 2 aromatic rings. The van der Waals surface area contributed by atoms with Gasteiger partial charge < -0.3 is 9.80 Å². The Balaban J connectivity index is 1.96. The molecule has 0 atom stereocenters. The van der Waals surface area contributed by atoms with Crippen LogP contribution in [0.15, 0.2) is 47.4 Å². The van der Waals surface area contributed by atoms with E-state index in [4.69, 9.17) is 11.6 Å². The molecule has 2 aromatic carbocycles. The van der Waals surface area contributed by atoms with Crippen LogP contribution in [0.4, 0.5) is 5.69 Å². The lowest BCUT2D eigenvalue weighted by Gasteiger charge is -2.34. The second-order valence-corrected chi connectivity index (χ2v) is 9.71. The summed E-state index contributed by atoms with van der Waals surface area (Å²) in [5.41, 5.74) is 2.18. The molecule has 0 aliphatic carbocycles. The van der Waals surface area contributed by atoms with Gasteiger partial charge in [-0.1, -0.05) is 35.4 Å². The zero-order valence-corrected chi connectivity index (χ0v) is 18.5. The average Bonchev–Trinajstić information content (AvgIpc) is 2.69. The van der Waals surface area contributed by atoms with Crippen LogP contribution in [0.25, 0.3) is 0 Å². The number of aryl methyl sites for hydroxylation is 2. The summed E-state index contributed by atoms with van der Waals surface area (Å²) in [6.45, 7) is 6.19. The molecular formula is C21H26ClN3O3S. The monoisotopic (exact) mass is 435 g/mol. The number of sulfonamides is 1. The zero-order valence-electron chi connectivity index (χ0n) is 16.9. The molecule has 156 valence electrons. The highest BCUT2D eigenvalue weighted by atomic mass is 35.5. The molecule has 0 radical (unpaired) electrons. The third kappa shape index (κ3) is 4.91. The molecule has 6 nitrogen and oxygen atoms in total. The lowest BCUT2D eigenvalue weighted by Crippen LogP contribution is -2.50. The number of anilines is 1. The Kier molecular flexibility index (Phi) is 6.51. The van der Waals surface area contributed by atoms with E-state index in [0.717, 1.165) is 28.5 Å². The predicted molar refractivity (Wildman–Crippen MR) is 116 cm³/mol. The Morgan fingerprint density at radius 1 is 1.03 bits per heavy atom. The topological polar surface area (TPSA) is 60.9 Å². The number of carbonyl (C=O) groups excluding carboxylic acids is 1. The summed E-state index contributed by atoms with van der Waals surface area (Å²) < 4.78 is 28.0. The highest BCUT2D eigenvalue weighted by Gasteiger charge is 2.30. The van der Waals surface area contributed by atoms with E-state index in [9.17, 15) is 13.2 Å². The number of nitrogens with zero attached hydrogens (tertiary/aromatic N) is 3. The van der Waals surface area contributed by atoms with E-state index in [-0.39, 0.29) is 17.3 Å². The van der Waals surface area contributed by atoms with Crippen molar-refractivity contribution in [3.8, 4) is 0 Å². The Morgan fingerprint density at radius 2 is 1.66 bits per heavy atom. The maximum atomic E-state index is 13.4. The minimum absolute atomic E-state index is 0.144. The molecule has 0 N–H and O–H groups in total. The van der Waals surface area contributed by atoms with Gasteiger partial charge in [-0.05, 0) is 50.7 Å². The van der Waals surface area contributed by atoms with Gasteiger partial charge in [0.2, 0.25) is 5.91 Å². The van der Waals surface area contributed by atoms with Crippen LogP contribution < -0.4 is 4.31 Å². The number of hydrogen-bond acceptors (Lipinski definition) is 4. The molecule has 0 spiro atoms. The number of benzene rings is 2. The molecular weight excluding hydrogens is 410 g/mol. The van der Waals surface area contributed by atoms with E-state index in [1.165, 1.54) is 0 Å². The molecule has 1 saturated heterocycles. The number of likely N-dealkylation sites (N-methyl/N-ethyl adjacent to an activating group) is 1. The van der Waals surface area contributed by atoms with E-state index in [1.54, 1.807) is 47.4 Å². The highest BCUT2D eigenvalue weighted by Crippen LogP contribution is 2.28. The van der Waals surface area contributed by atoms with Gasteiger partial charge in [0.05, 0.1) is 10.6 Å². The van der Waals surface area contributed by atoms with Crippen LogP contribution in [-0.4, -0.2) is 63.9 Å². The van der Waals surface area contributed by atoms with Gasteiger partial charge >= 0.3 is 0 Å². The van der Waals surface area contributed by atoms with Gasteiger partial charge in [-0.25, -0.2) is 8.42 Å². The summed E-state index contributed by atoms with van der Waals surface area (Å²) in [4.78, 5) is 16.9. The molecule has 1 fully saturated rings. The highest BCUT2D eigenvalue weighted by molar-refractivity contribution is 7.92. The van der Waals surface area contributed by atoms with Crippen molar-refractivity contribution in [1.29, 1.82) is 0 Å². The van der Waals surface area contributed by atoms with Gasteiger partial charge in [0.15, 0.2) is 0 Å². The van der Waals surface area contributed by atoms with Crippen molar-refractivity contribution < 1.29 is 13.2 Å². The van der Waals surface area contributed by atoms with Crippen molar-refractivity contribution in [3.05, 3.63) is 58.6 Å². The lowest BCUT2D eigenvalue weighted by molar-refractivity contribution is -0.131. The minimum Gasteiger partial charge on any atom is -0.339 e. The predicted octanol–water partition coefficient (Wildman–Crippen LogP) is 2.93. The maximum Gasteiger partial charge on any atom is 0.264 e. The number of piperazine rings is 1. The molecule has 29 heavy (non-hydrogen) atoms. The third-order valence-electron chi connectivity index (χ3n) is 5.19. The number of hydrogen-bond donors (Lipinski definition) is 0. The molecule has 1 amide bonds. The number of amides is 1. The molecule has 0 bridgehead atoms. The van der Waals surface area contributed by atoms with Crippen molar-refractivity contribution in [2.24, 2.45) is 0 Å². The Hall–Kier alpha value is -2.09. The second kappa shape index (κ2) is 8.73. The van der Waals surface area contributed by atoms with Crippen molar-refractivity contribution in [3.63, 3.8) is 0 Å². The van der Waals surface area contributed by atoms with Gasteiger partial charge in [0, 0.05) is 31.2 Å².